The molecule has 0 radical (unpaired) electrons. The third-order valence-corrected chi connectivity index (χ3v) is 6.97. The molecule has 3 aromatic rings. The molecule has 0 bridgehead atoms. The van der Waals surface area contributed by atoms with E-state index < -0.39 is 9.84 Å². The van der Waals surface area contributed by atoms with Crippen LogP contribution in [0.2, 0.25) is 0 Å². The van der Waals surface area contributed by atoms with Crippen molar-refractivity contribution in [1.29, 1.82) is 0 Å². The average Bonchev–Trinajstić information content (AvgIpc) is 2.72. The number of nitrogens with zero attached hydrogens (tertiary/aromatic N) is 1. The SMILES string of the molecule is Cn1cc(-c2cc(S(C)(=O)=O)ccc2NC2CCC(O)CC2)c2ccccc2c1=O. The Morgan fingerprint density at radius 3 is 2.33 bits per heavy atom. The fourth-order valence-corrected chi connectivity index (χ4v) is 4.82. The first-order valence-corrected chi connectivity index (χ1v) is 12.0. The van der Waals surface area contributed by atoms with Crippen LogP contribution in [0.25, 0.3) is 21.9 Å². The highest BCUT2D eigenvalue weighted by Gasteiger charge is 2.22. The fourth-order valence-electron chi connectivity index (χ4n) is 4.17. The Bertz CT molecular complexity index is 1260. The number of hydrogen-bond donors (Lipinski definition) is 2. The molecule has 158 valence electrons. The van der Waals surface area contributed by atoms with Gasteiger partial charge in [-0.3, -0.25) is 4.79 Å². The van der Waals surface area contributed by atoms with Gasteiger partial charge in [-0.05, 0) is 55.3 Å². The van der Waals surface area contributed by atoms with Gasteiger partial charge < -0.3 is 15.0 Å². The van der Waals surface area contributed by atoms with Crippen LogP contribution in [-0.4, -0.2) is 36.5 Å². The summed E-state index contributed by atoms with van der Waals surface area (Å²) in [5.74, 6) is 0. The Balaban J connectivity index is 1.90. The van der Waals surface area contributed by atoms with E-state index in [1.165, 1.54) is 10.8 Å². The first-order chi connectivity index (χ1) is 14.2. The van der Waals surface area contributed by atoms with Crippen LogP contribution in [0, 0.1) is 0 Å². The van der Waals surface area contributed by atoms with E-state index in [1.807, 2.05) is 18.2 Å². The molecule has 1 aromatic heterocycles. The van der Waals surface area contributed by atoms with E-state index in [1.54, 1.807) is 37.5 Å². The van der Waals surface area contributed by atoms with Crippen molar-refractivity contribution in [3.8, 4) is 11.1 Å². The lowest BCUT2D eigenvalue weighted by Crippen LogP contribution is -2.28. The number of aryl methyl sites for hydroxylation is 1. The van der Waals surface area contributed by atoms with E-state index in [0.29, 0.717) is 5.39 Å². The Kier molecular flexibility index (Phi) is 5.42. The molecular weight excluding hydrogens is 400 g/mol. The summed E-state index contributed by atoms with van der Waals surface area (Å²) in [7, 11) is -1.69. The second kappa shape index (κ2) is 7.89. The van der Waals surface area contributed by atoms with Gasteiger partial charge in [-0.2, -0.15) is 0 Å². The van der Waals surface area contributed by atoms with Crippen molar-refractivity contribution in [2.45, 2.75) is 42.7 Å². The first kappa shape index (κ1) is 20.6. The highest BCUT2D eigenvalue weighted by atomic mass is 32.2. The molecule has 7 heteroatoms. The van der Waals surface area contributed by atoms with Crippen LogP contribution in [0.3, 0.4) is 0 Å². The van der Waals surface area contributed by atoms with Gasteiger partial charge in [0.25, 0.3) is 5.56 Å². The Morgan fingerprint density at radius 2 is 1.67 bits per heavy atom. The number of rotatable bonds is 4. The molecule has 1 aliphatic rings. The van der Waals surface area contributed by atoms with E-state index >= 15 is 0 Å². The number of aliphatic hydroxyl groups is 1. The third kappa shape index (κ3) is 4.00. The molecular formula is C23H26N2O4S. The molecule has 0 saturated heterocycles. The standard InChI is InChI=1S/C23H26N2O4S/c1-25-14-21(18-5-3-4-6-19(18)23(25)27)20-13-17(30(2,28)29)11-12-22(20)24-15-7-9-16(26)10-8-15/h3-6,11-16,24,26H,7-10H2,1-2H3. The number of fused-ring (bicyclic) bond motifs is 1. The van der Waals surface area contributed by atoms with Gasteiger partial charge in [0.05, 0.1) is 11.0 Å². The zero-order chi connectivity index (χ0) is 21.5. The minimum Gasteiger partial charge on any atom is -0.393 e. The summed E-state index contributed by atoms with van der Waals surface area (Å²) in [6, 6.07) is 12.7. The second-order valence-corrected chi connectivity index (χ2v) is 10.1. The van der Waals surface area contributed by atoms with Crippen LogP contribution in [0.5, 0.6) is 0 Å². The maximum Gasteiger partial charge on any atom is 0.258 e. The Morgan fingerprint density at radius 1 is 1.00 bits per heavy atom. The largest absolute Gasteiger partial charge is 0.393 e. The summed E-state index contributed by atoms with van der Waals surface area (Å²) < 4.78 is 26.0. The Labute approximate surface area is 176 Å². The lowest BCUT2D eigenvalue weighted by Gasteiger charge is -2.28. The molecule has 0 atom stereocenters. The zero-order valence-corrected chi connectivity index (χ0v) is 17.9. The van der Waals surface area contributed by atoms with Gasteiger partial charge >= 0.3 is 0 Å². The Hall–Kier alpha value is -2.64. The topological polar surface area (TPSA) is 88.4 Å². The van der Waals surface area contributed by atoms with Gasteiger partial charge in [0.1, 0.15) is 0 Å². The number of sulfone groups is 1. The smallest absolute Gasteiger partial charge is 0.258 e. The quantitative estimate of drug-likeness (QED) is 0.668. The van der Waals surface area contributed by atoms with Crippen molar-refractivity contribution in [3.63, 3.8) is 0 Å². The molecule has 30 heavy (non-hydrogen) atoms. The maximum atomic E-state index is 12.6. The van der Waals surface area contributed by atoms with Gasteiger partial charge in [0.2, 0.25) is 0 Å². The van der Waals surface area contributed by atoms with Gasteiger partial charge in [0.15, 0.2) is 9.84 Å². The van der Waals surface area contributed by atoms with Gasteiger partial charge in [0, 0.05) is 47.7 Å². The molecule has 0 aliphatic heterocycles. The van der Waals surface area contributed by atoms with E-state index in [-0.39, 0.29) is 22.6 Å². The molecule has 2 N–H and O–H groups in total. The predicted octanol–water partition coefficient (Wildman–Crippen LogP) is 3.32. The molecule has 1 fully saturated rings. The van der Waals surface area contributed by atoms with Crippen LogP contribution >= 0.6 is 0 Å². The van der Waals surface area contributed by atoms with E-state index in [2.05, 4.69) is 5.32 Å². The molecule has 0 amide bonds. The van der Waals surface area contributed by atoms with Gasteiger partial charge in [-0.25, -0.2) is 8.42 Å². The number of hydrogen-bond acceptors (Lipinski definition) is 5. The monoisotopic (exact) mass is 426 g/mol. The summed E-state index contributed by atoms with van der Waals surface area (Å²) in [6.45, 7) is 0. The van der Waals surface area contributed by atoms with Crippen molar-refractivity contribution >= 4 is 26.3 Å². The molecule has 2 aromatic carbocycles. The third-order valence-electron chi connectivity index (χ3n) is 5.86. The van der Waals surface area contributed by atoms with Crippen LogP contribution < -0.4 is 10.9 Å². The first-order valence-electron chi connectivity index (χ1n) is 10.1. The molecule has 1 heterocycles. The number of pyridine rings is 1. The average molecular weight is 427 g/mol. The molecule has 0 unspecified atom stereocenters. The summed E-state index contributed by atoms with van der Waals surface area (Å²) in [5, 5.41) is 14.7. The molecule has 6 nitrogen and oxygen atoms in total. The van der Waals surface area contributed by atoms with Gasteiger partial charge in [-0.15, -0.1) is 0 Å². The normalized spacial score (nSPS) is 19.7. The van der Waals surface area contributed by atoms with Crippen molar-refractivity contribution in [3.05, 3.63) is 59.0 Å². The van der Waals surface area contributed by atoms with Crippen molar-refractivity contribution in [1.82, 2.24) is 4.57 Å². The minimum absolute atomic E-state index is 0.0932. The van der Waals surface area contributed by atoms with Crippen LogP contribution in [-0.2, 0) is 16.9 Å². The molecule has 0 spiro atoms. The van der Waals surface area contributed by atoms with Crippen LogP contribution in [0.1, 0.15) is 25.7 Å². The number of benzene rings is 2. The minimum atomic E-state index is -3.39. The second-order valence-electron chi connectivity index (χ2n) is 8.13. The zero-order valence-electron chi connectivity index (χ0n) is 17.1. The van der Waals surface area contributed by atoms with Crippen molar-refractivity contribution in [2.24, 2.45) is 7.05 Å². The van der Waals surface area contributed by atoms with E-state index in [9.17, 15) is 18.3 Å². The summed E-state index contributed by atoms with van der Waals surface area (Å²) in [4.78, 5) is 12.8. The lowest BCUT2D eigenvalue weighted by atomic mass is 9.92. The highest BCUT2D eigenvalue weighted by molar-refractivity contribution is 7.90. The van der Waals surface area contributed by atoms with Crippen LogP contribution in [0.15, 0.2) is 58.4 Å². The number of aliphatic hydroxyl groups excluding tert-OH is 1. The van der Waals surface area contributed by atoms with Crippen molar-refractivity contribution in [2.75, 3.05) is 11.6 Å². The number of anilines is 1. The maximum absolute atomic E-state index is 12.6. The number of aromatic nitrogens is 1. The summed E-state index contributed by atoms with van der Waals surface area (Å²) in [5.41, 5.74) is 2.28. The predicted molar refractivity (Wildman–Crippen MR) is 120 cm³/mol. The summed E-state index contributed by atoms with van der Waals surface area (Å²) in [6.07, 6.45) is 5.91. The lowest BCUT2D eigenvalue weighted by molar-refractivity contribution is 0.126. The molecule has 1 saturated carbocycles. The van der Waals surface area contributed by atoms with Gasteiger partial charge in [-0.1, -0.05) is 18.2 Å². The fraction of sp³-hybridized carbons (Fsp3) is 0.348. The highest BCUT2D eigenvalue weighted by Crippen LogP contribution is 2.36. The summed E-state index contributed by atoms with van der Waals surface area (Å²) >= 11 is 0. The van der Waals surface area contributed by atoms with Crippen LogP contribution in [0.4, 0.5) is 5.69 Å². The molecule has 1 aliphatic carbocycles. The van der Waals surface area contributed by atoms with Crippen molar-refractivity contribution < 1.29 is 13.5 Å². The molecule has 4 rings (SSSR count). The van der Waals surface area contributed by atoms with E-state index in [0.717, 1.165) is 47.9 Å². The van der Waals surface area contributed by atoms with E-state index in [4.69, 9.17) is 0 Å². The number of nitrogens with one attached hydrogen (secondary N) is 1.